The van der Waals surface area contributed by atoms with Gasteiger partial charge in [-0.05, 0) is 6.92 Å². The predicted molar refractivity (Wildman–Crippen MR) is 80.4 cm³/mol. The lowest BCUT2D eigenvalue weighted by molar-refractivity contribution is -0.142. The van der Waals surface area contributed by atoms with Crippen LogP contribution in [0.25, 0.3) is 0 Å². The monoisotopic (exact) mass is 326 g/mol. The lowest BCUT2D eigenvalue weighted by atomic mass is 10.3. The smallest absolute Gasteiger partial charge is 0.311 e. The molecule has 2 aromatic rings. The van der Waals surface area contributed by atoms with Crippen LogP contribution in [0.2, 0.25) is 0 Å². The largest absolute Gasteiger partial charge is 0.466 e. The van der Waals surface area contributed by atoms with Crippen LogP contribution in [-0.2, 0) is 20.7 Å². The number of carbonyl (C=O) groups excluding carboxylic acids is 2. The number of rotatable bonds is 7. The molecule has 0 unspecified atom stereocenters. The molecule has 0 aliphatic rings. The highest BCUT2D eigenvalue weighted by atomic mass is 32.2. The van der Waals surface area contributed by atoms with E-state index in [-0.39, 0.29) is 24.1 Å². The summed E-state index contributed by atoms with van der Waals surface area (Å²) in [7, 11) is 0. The summed E-state index contributed by atoms with van der Waals surface area (Å²) in [6.07, 6.45) is 3.44. The van der Waals surface area contributed by atoms with Crippen LogP contribution in [0.3, 0.4) is 0 Å². The third kappa shape index (κ3) is 5.20. The number of H-pyrrole nitrogens is 1. The summed E-state index contributed by atoms with van der Waals surface area (Å²) < 4.78 is 4.84. The number of ether oxygens (including phenoxy) is 1. The van der Waals surface area contributed by atoms with E-state index < -0.39 is 0 Å². The Balaban J connectivity index is 1.78. The molecule has 9 heteroatoms. The molecule has 0 aliphatic carbocycles. The van der Waals surface area contributed by atoms with E-state index in [1.165, 1.54) is 23.1 Å². The molecule has 0 atom stereocenters. The van der Waals surface area contributed by atoms with Crippen molar-refractivity contribution in [2.75, 3.05) is 17.7 Å². The molecule has 21 heavy (non-hydrogen) atoms. The quantitative estimate of drug-likeness (QED) is 0.594. The van der Waals surface area contributed by atoms with Gasteiger partial charge in [-0.1, -0.05) is 11.8 Å². The van der Waals surface area contributed by atoms with E-state index in [0.717, 1.165) is 0 Å². The number of hydrogen-bond donors (Lipinski definition) is 2. The molecule has 2 N–H and O–H groups in total. The average molecular weight is 326 g/mol. The van der Waals surface area contributed by atoms with Gasteiger partial charge in [0.05, 0.1) is 24.5 Å². The maximum Gasteiger partial charge on any atom is 0.311 e. The van der Waals surface area contributed by atoms with Crippen LogP contribution in [0.4, 0.5) is 5.13 Å². The molecule has 112 valence electrons. The first-order valence-electron chi connectivity index (χ1n) is 6.19. The first-order valence-corrected chi connectivity index (χ1v) is 8.06. The number of carbonyl (C=O) groups is 2. The van der Waals surface area contributed by atoms with Crippen LogP contribution in [0.1, 0.15) is 12.6 Å². The molecule has 0 spiro atoms. The highest BCUT2D eigenvalue weighted by Crippen LogP contribution is 2.17. The van der Waals surface area contributed by atoms with Gasteiger partial charge in [-0.15, -0.1) is 11.3 Å². The Morgan fingerprint density at radius 1 is 1.52 bits per heavy atom. The average Bonchev–Trinajstić information content (AvgIpc) is 3.08. The molecule has 0 fully saturated rings. The van der Waals surface area contributed by atoms with Crippen molar-refractivity contribution in [3.8, 4) is 0 Å². The number of thiazole rings is 1. The van der Waals surface area contributed by atoms with Crippen LogP contribution in [0, 0.1) is 0 Å². The van der Waals surface area contributed by atoms with Crippen molar-refractivity contribution in [3.63, 3.8) is 0 Å². The van der Waals surface area contributed by atoms with Crippen LogP contribution in [0.15, 0.2) is 22.9 Å². The van der Waals surface area contributed by atoms with Crippen molar-refractivity contribution in [3.05, 3.63) is 23.5 Å². The topological polar surface area (TPSA) is 97.0 Å². The fraction of sp³-hybridized carbons (Fsp3) is 0.333. The highest BCUT2D eigenvalue weighted by Gasteiger charge is 2.11. The molecule has 2 rings (SSSR count). The summed E-state index contributed by atoms with van der Waals surface area (Å²) in [5.41, 5.74) is 0.590. The number of anilines is 1. The van der Waals surface area contributed by atoms with Crippen molar-refractivity contribution in [1.82, 2.24) is 15.0 Å². The van der Waals surface area contributed by atoms with Gasteiger partial charge in [0.1, 0.15) is 0 Å². The summed E-state index contributed by atoms with van der Waals surface area (Å²) in [6, 6.07) is 0. The molecule has 0 aromatic carbocycles. The highest BCUT2D eigenvalue weighted by molar-refractivity contribution is 7.99. The van der Waals surface area contributed by atoms with Crippen molar-refractivity contribution < 1.29 is 14.3 Å². The summed E-state index contributed by atoms with van der Waals surface area (Å²) in [5, 5.41) is 5.57. The third-order valence-corrected chi connectivity index (χ3v) is 3.95. The van der Waals surface area contributed by atoms with Crippen LogP contribution >= 0.6 is 23.1 Å². The van der Waals surface area contributed by atoms with Crippen molar-refractivity contribution in [2.45, 2.75) is 18.5 Å². The Kier molecular flexibility index (Phi) is 5.76. The summed E-state index contributed by atoms with van der Waals surface area (Å²) in [6.45, 7) is 2.10. The van der Waals surface area contributed by atoms with Crippen LogP contribution < -0.4 is 5.32 Å². The Morgan fingerprint density at radius 2 is 2.38 bits per heavy atom. The number of esters is 1. The van der Waals surface area contributed by atoms with E-state index in [0.29, 0.717) is 22.6 Å². The number of thioether (sulfide) groups is 1. The lowest BCUT2D eigenvalue weighted by Gasteiger charge is -2.00. The van der Waals surface area contributed by atoms with Gasteiger partial charge in [-0.3, -0.25) is 9.59 Å². The number of nitrogens with zero attached hydrogens (tertiary/aromatic N) is 2. The first-order chi connectivity index (χ1) is 10.2. The Hall–Kier alpha value is -1.87. The van der Waals surface area contributed by atoms with Gasteiger partial charge < -0.3 is 15.0 Å². The minimum Gasteiger partial charge on any atom is -0.466 e. The predicted octanol–water partition coefficient (Wildman–Crippen LogP) is 1.70. The van der Waals surface area contributed by atoms with Gasteiger partial charge in [0.15, 0.2) is 10.3 Å². The third-order valence-electron chi connectivity index (χ3n) is 2.24. The Labute approximate surface area is 129 Å². The standard InChI is InChI=1S/C12H14N4O3S2/c1-2-19-10(18)5-8-6-20-12(15-8)16-9(17)7-21-11-13-3-4-14-11/h3-4,6H,2,5,7H2,1H3,(H,13,14)(H,15,16,17). The van der Waals surface area contributed by atoms with Crippen molar-refractivity contribution in [1.29, 1.82) is 0 Å². The minimum absolute atomic E-state index is 0.112. The second-order valence-corrected chi connectivity index (χ2v) is 5.68. The minimum atomic E-state index is -0.325. The molecule has 0 saturated carbocycles. The molecule has 1 amide bonds. The van der Waals surface area contributed by atoms with Crippen molar-refractivity contribution >= 4 is 40.1 Å². The van der Waals surface area contributed by atoms with E-state index in [2.05, 4.69) is 20.3 Å². The maximum atomic E-state index is 11.7. The molecule has 0 saturated heterocycles. The molecule has 0 aliphatic heterocycles. The van der Waals surface area contributed by atoms with Gasteiger partial charge in [-0.2, -0.15) is 0 Å². The fourth-order valence-electron chi connectivity index (χ4n) is 1.42. The van der Waals surface area contributed by atoms with E-state index >= 15 is 0 Å². The Morgan fingerprint density at radius 3 is 3.10 bits per heavy atom. The maximum absolute atomic E-state index is 11.7. The Bertz CT molecular complexity index is 597. The number of hydrogen-bond acceptors (Lipinski definition) is 7. The van der Waals surface area contributed by atoms with Gasteiger partial charge in [0.25, 0.3) is 0 Å². The van der Waals surface area contributed by atoms with Gasteiger partial charge in [0.2, 0.25) is 5.91 Å². The number of aromatic nitrogens is 3. The van der Waals surface area contributed by atoms with Gasteiger partial charge >= 0.3 is 5.97 Å². The number of amides is 1. The molecular formula is C12H14N4O3S2. The molecule has 0 radical (unpaired) electrons. The van der Waals surface area contributed by atoms with Crippen molar-refractivity contribution in [2.24, 2.45) is 0 Å². The molecular weight excluding hydrogens is 312 g/mol. The second kappa shape index (κ2) is 7.79. The van der Waals surface area contributed by atoms with Crippen LogP contribution in [0.5, 0.6) is 0 Å². The zero-order valence-corrected chi connectivity index (χ0v) is 12.9. The number of nitrogens with one attached hydrogen (secondary N) is 2. The lowest BCUT2D eigenvalue weighted by Crippen LogP contribution is -2.14. The molecule has 0 bridgehead atoms. The van der Waals surface area contributed by atoms with E-state index in [4.69, 9.17) is 4.74 Å². The van der Waals surface area contributed by atoms with E-state index in [1.807, 2.05) is 0 Å². The normalized spacial score (nSPS) is 10.3. The molecule has 2 aromatic heterocycles. The second-order valence-electron chi connectivity index (χ2n) is 3.86. The zero-order chi connectivity index (χ0) is 15.1. The fourth-order valence-corrected chi connectivity index (χ4v) is 2.78. The first kappa shape index (κ1) is 15.5. The van der Waals surface area contributed by atoms with Crippen LogP contribution in [-0.4, -0.2) is 39.2 Å². The number of imidazole rings is 1. The van der Waals surface area contributed by atoms with E-state index in [9.17, 15) is 9.59 Å². The SMILES string of the molecule is CCOC(=O)Cc1csc(NC(=O)CSc2ncc[nH]2)n1. The zero-order valence-electron chi connectivity index (χ0n) is 11.3. The van der Waals surface area contributed by atoms with Gasteiger partial charge in [0, 0.05) is 17.8 Å². The molecule has 2 heterocycles. The summed E-state index contributed by atoms with van der Waals surface area (Å²) in [4.78, 5) is 34.1. The number of aromatic amines is 1. The summed E-state index contributed by atoms with van der Waals surface area (Å²) >= 11 is 2.58. The summed E-state index contributed by atoms with van der Waals surface area (Å²) in [5.74, 6) is -0.261. The van der Waals surface area contributed by atoms with E-state index in [1.54, 1.807) is 24.7 Å². The molecule has 7 nitrogen and oxygen atoms in total. The van der Waals surface area contributed by atoms with Gasteiger partial charge in [-0.25, -0.2) is 9.97 Å².